The van der Waals surface area contributed by atoms with Gasteiger partial charge in [-0.25, -0.2) is 0 Å². The smallest absolute Gasteiger partial charge is 0.191 e. The maximum atomic E-state index is 4.28. The van der Waals surface area contributed by atoms with Crippen LogP contribution in [0.1, 0.15) is 27.2 Å². The second-order valence-electron chi connectivity index (χ2n) is 6.25. The van der Waals surface area contributed by atoms with Crippen LogP contribution < -0.4 is 10.6 Å². The van der Waals surface area contributed by atoms with E-state index < -0.39 is 0 Å². The van der Waals surface area contributed by atoms with Crippen molar-refractivity contribution in [2.24, 2.45) is 10.9 Å². The molecule has 0 spiro atoms. The molecule has 1 unspecified atom stereocenters. The lowest BCUT2D eigenvalue weighted by atomic mass is 10.1. The third-order valence-corrected chi connectivity index (χ3v) is 3.96. The molecule has 0 bridgehead atoms. The van der Waals surface area contributed by atoms with Crippen LogP contribution in [0.15, 0.2) is 4.99 Å². The zero-order chi connectivity index (χ0) is 15.0. The van der Waals surface area contributed by atoms with E-state index in [1.807, 2.05) is 7.05 Å². The summed E-state index contributed by atoms with van der Waals surface area (Å²) >= 11 is 0. The number of guanidine groups is 1. The van der Waals surface area contributed by atoms with Gasteiger partial charge in [-0.1, -0.05) is 13.8 Å². The van der Waals surface area contributed by atoms with Gasteiger partial charge < -0.3 is 15.5 Å². The van der Waals surface area contributed by atoms with Gasteiger partial charge >= 0.3 is 0 Å². The number of aliphatic imine (C=N–C) groups is 1. The summed E-state index contributed by atoms with van der Waals surface area (Å²) in [5, 5.41) is 6.81. The van der Waals surface area contributed by atoms with Gasteiger partial charge in [0, 0.05) is 52.4 Å². The third kappa shape index (κ3) is 8.83. The molecule has 1 atom stereocenters. The van der Waals surface area contributed by atoms with E-state index in [-0.39, 0.29) is 24.0 Å². The predicted molar refractivity (Wildman–Crippen MR) is 103 cm³/mol. The van der Waals surface area contributed by atoms with Crippen molar-refractivity contribution in [3.8, 4) is 0 Å². The quantitative estimate of drug-likeness (QED) is 0.395. The molecule has 0 aliphatic carbocycles. The van der Waals surface area contributed by atoms with Crippen molar-refractivity contribution in [2.45, 2.75) is 33.2 Å². The van der Waals surface area contributed by atoms with Gasteiger partial charge in [0.1, 0.15) is 0 Å². The SMILES string of the molecule is CN=C(NCCC(C)C)NCC(C)N1CCN(C)CC1.I. The van der Waals surface area contributed by atoms with Crippen LogP contribution in [-0.2, 0) is 0 Å². The molecule has 0 radical (unpaired) electrons. The Bertz CT molecular complexity index is 288. The monoisotopic (exact) mass is 411 g/mol. The Morgan fingerprint density at radius 2 is 1.71 bits per heavy atom. The van der Waals surface area contributed by atoms with Crippen LogP contribution in [0.25, 0.3) is 0 Å². The number of likely N-dealkylation sites (N-methyl/N-ethyl adjacent to an activating group) is 1. The summed E-state index contributed by atoms with van der Waals surface area (Å²) in [6, 6.07) is 0.548. The molecule has 1 rings (SSSR count). The number of rotatable bonds is 6. The minimum Gasteiger partial charge on any atom is -0.356 e. The summed E-state index contributed by atoms with van der Waals surface area (Å²) in [7, 11) is 4.03. The zero-order valence-electron chi connectivity index (χ0n) is 14.4. The van der Waals surface area contributed by atoms with Crippen LogP contribution >= 0.6 is 24.0 Å². The van der Waals surface area contributed by atoms with Crippen molar-refractivity contribution in [3.05, 3.63) is 0 Å². The van der Waals surface area contributed by atoms with Crippen molar-refractivity contribution >= 4 is 29.9 Å². The molecule has 126 valence electrons. The molecule has 0 saturated carbocycles. The van der Waals surface area contributed by atoms with Gasteiger partial charge in [0.05, 0.1) is 0 Å². The summed E-state index contributed by atoms with van der Waals surface area (Å²) in [4.78, 5) is 9.22. The second kappa shape index (κ2) is 11.5. The molecule has 5 nitrogen and oxygen atoms in total. The summed E-state index contributed by atoms with van der Waals surface area (Å²) in [5.41, 5.74) is 0. The first-order valence-corrected chi connectivity index (χ1v) is 7.90. The van der Waals surface area contributed by atoms with Crippen LogP contribution in [0.4, 0.5) is 0 Å². The molecule has 0 aromatic rings. The Hall–Kier alpha value is -0.0800. The van der Waals surface area contributed by atoms with Gasteiger partial charge in [-0.2, -0.15) is 0 Å². The fraction of sp³-hybridized carbons (Fsp3) is 0.933. The lowest BCUT2D eigenvalue weighted by molar-refractivity contribution is 0.120. The van der Waals surface area contributed by atoms with E-state index in [9.17, 15) is 0 Å². The Morgan fingerprint density at radius 3 is 2.24 bits per heavy atom. The Balaban J connectivity index is 0.00000400. The molecule has 2 N–H and O–H groups in total. The fourth-order valence-electron chi connectivity index (χ4n) is 2.34. The van der Waals surface area contributed by atoms with Crippen LogP contribution in [0, 0.1) is 5.92 Å². The number of halogens is 1. The lowest BCUT2D eigenvalue weighted by Gasteiger charge is -2.36. The molecule has 1 aliphatic rings. The first-order valence-electron chi connectivity index (χ1n) is 7.90. The molecular formula is C15H34IN5. The topological polar surface area (TPSA) is 42.9 Å². The van der Waals surface area contributed by atoms with E-state index in [2.05, 4.69) is 53.2 Å². The molecule has 0 aromatic carbocycles. The first kappa shape index (κ1) is 20.9. The van der Waals surface area contributed by atoms with Gasteiger partial charge in [0.25, 0.3) is 0 Å². The highest BCUT2D eigenvalue weighted by molar-refractivity contribution is 14.0. The Kier molecular flexibility index (Phi) is 11.4. The summed E-state index contributed by atoms with van der Waals surface area (Å²) in [6.07, 6.45) is 1.18. The van der Waals surface area contributed by atoms with Crippen molar-refractivity contribution in [1.82, 2.24) is 20.4 Å². The number of hydrogen-bond donors (Lipinski definition) is 2. The van der Waals surface area contributed by atoms with E-state index >= 15 is 0 Å². The fourth-order valence-corrected chi connectivity index (χ4v) is 2.34. The van der Waals surface area contributed by atoms with Crippen molar-refractivity contribution in [1.29, 1.82) is 0 Å². The minimum absolute atomic E-state index is 0. The molecule has 0 amide bonds. The van der Waals surface area contributed by atoms with E-state index in [1.54, 1.807) is 0 Å². The number of hydrogen-bond acceptors (Lipinski definition) is 3. The van der Waals surface area contributed by atoms with E-state index in [4.69, 9.17) is 0 Å². The molecular weight excluding hydrogens is 377 g/mol. The predicted octanol–water partition coefficient (Wildman–Crippen LogP) is 1.45. The number of piperazine rings is 1. The van der Waals surface area contributed by atoms with Crippen molar-refractivity contribution in [2.75, 3.05) is 53.4 Å². The maximum absolute atomic E-state index is 4.28. The summed E-state index contributed by atoms with van der Waals surface area (Å²) < 4.78 is 0. The van der Waals surface area contributed by atoms with Crippen LogP contribution in [-0.4, -0.2) is 75.2 Å². The number of nitrogens with one attached hydrogen (secondary N) is 2. The van der Waals surface area contributed by atoms with Gasteiger partial charge in [-0.05, 0) is 26.3 Å². The van der Waals surface area contributed by atoms with Crippen LogP contribution in [0.3, 0.4) is 0 Å². The van der Waals surface area contributed by atoms with E-state index in [1.165, 1.54) is 32.6 Å². The Morgan fingerprint density at radius 1 is 1.10 bits per heavy atom. The second-order valence-corrected chi connectivity index (χ2v) is 6.25. The van der Waals surface area contributed by atoms with E-state index in [0.717, 1.165) is 25.0 Å². The minimum atomic E-state index is 0. The van der Waals surface area contributed by atoms with Crippen molar-refractivity contribution in [3.63, 3.8) is 0 Å². The molecule has 1 saturated heterocycles. The largest absolute Gasteiger partial charge is 0.356 e. The maximum Gasteiger partial charge on any atom is 0.191 e. The lowest BCUT2D eigenvalue weighted by Crippen LogP contribution is -2.52. The van der Waals surface area contributed by atoms with Gasteiger partial charge in [-0.3, -0.25) is 9.89 Å². The average molecular weight is 411 g/mol. The van der Waals surface area contributed by atoms with E-state index in [0.29, 0.717) is 6.04 Å². The first-order chi connectivity index (χ1) is 9.52. The molecule has 1 heterocycles. The molecule has 21 heavy (non-hydrogen) atoms. The molecule has 1 fully saturated rings. The normalized spacial score (nSPS) is 19.2. The molecule has 6 heteroatoms. The molecule has 1 aliphatic heterocycles. The van der Waals surface area contributed by atoms with Gasteiger partial charge in [0.15, 0.2) is 5.96 Å². The molecule has 0 aromatic heterocycles. The van der Waals surface area contributed by atoms with Gasteiger partial charge in [0.2, 0.25) is 0 Å². The Labute approximate surface area is 148 Å². The van der Waals surface area contributed by atoms with Crippen LogP contribution in [0.2, 0.25) is 0 Å². The highest BCUT2D eigenvalue weighted by atomic mass is 127. The van der Waals surface area contributed by atoms with Crippen LogP contribution in [0.5, 0.6) is 0 Å². The number of nitrogens with zero attached hydrogens (tertiary/aromatic N) is 3. The highest BCUT2D eigenvalue weighted by Crippen LogP contribution is 2.04. The van der Waals surface area contributed by atoms with Crippen molar-refractivity contribution < 1.29 is 0 Å². The average Bonchev–Trinajstić information content (AvgIpc) is 2.42. The zero-order valence-corrected chi connectivity index (χ0v) is 16.7. The standard InChI is InChI=1S/C15H33N5.HI/c1-13(2)6-7-17-15(16-4)18-12-14(3)20-10-8-19(5)9-11-20;/h13-14H,6-12H2,1-5H3,(H2,16,17,18);1H. The summed E-state index contributed by atoms with van der Waals surface area (Å²) in [6.45, 7) is 13.4. The third-order valence-electron chi connectivity index (χ3n) is 3.96. The summed E-state index contributed by atoms with van der Waals surface area (Å²) in [5.74, 6) is 1.65. The highest BCUT2D eigenvalue weighted by Gasteiger charge is 2.18. The van der Waals surface area contributed by atoms with Gasteiger partial charge in [-0.15, -0.1) is 24.0 Å².